The standard InChI is InChI=1S/C4H6O2.O.Zn/c1-3(2)4(5)6;;/h1H2,2H3,(H,5,6);;. The van der Waals surface area contributed by atoms with E-state index in [1.54, 1.807) is 0 Å². The Balaban J connectivity index is 0. The predicted molar refractivity (Wildman–Crippen MR) is 23.1 cm³/mol. The number of aliphatic carboxylic acids is 1. The van der Waals surface area contributed by atoms with Crippen molar-refractivity contribution in [2.45, 2.75) is 6.92 Å². The zero-order chi connectivity index (χ0) is 7.15. The minimum atomic E-state index is -0.935. The first-order chi connectivity index (χ1) is 3.64. The van der Waals surface area contributed by atoms with Crippen molar-refractivity contribution in [3.8, 4) is 0 Å². The summed E-state index contributed by atoms with van der Waals surface area (Å²) in [5.41, 5.74) is 0.176. The molecule has 0 amide bonds. The number of carboxylic acid groups (broad SMARTS) is 1. The molecule has 0 saturated heterocycles. The summed E-state index contributed by atoms with van der Waals surface area (Å²) in [4.78, 5) is 9.60. The summed E-state index contributed by atoms with van der Waals surface area (Å²) in [6.45, 7) is 4.60. The van der Waals surface area contributed by atoms with E-state index < -0.39 is 5.97 Å². The Bertz CT molecular complexity index is 87.5. The maximum absolute atomic E-state index is 9.60. The zero-order valence-corrected chi connectivity index (χ0v) is 7.65. The molecule has 0 bridgehead atoms. The average Bonchev–Trinajstić information content (AvgIpc) is 1.72. The van der Waals surface area contributed by atoms with Crippen LogP contribution in [0.1, 0.15) is 6.92 Å². The molecule has 0 aliphatic heterocycles. The van der Waals surface area contributed by atoms with Crippen molar-refractivity contribution in [1.29, 1.82) is 0 Å². The molecule has 1 N–H and O–H groups in total. The van der Waals surface area contributed by atoms with Crippen molar-refractivity contribution in [2.24, 2.45) is 0 Å². The number of carboxylic acids is 1. The molecule has 8 heavy (non-hydrogen) atoms. The van der Waals surface area contributed by atoms with Crippen molar-refractivity contribution >= 4 is 5.97 Å². The molecule has 3 nitrogen and oxygen atoms in total. The first-order valence-corrected chi connectivity index (χ1v) is 3.03. The summed E-state index contributed by atoms with van der Waals surface area (Å²) in [5.74, 6) is -0.935. The van der Waals surface area contributed by atoms with Crippen molar-refractivity contribution in [3.05, 3.63) is 12.2 Å². The van der Waals surface area contributed by atoms with Gasteiger partial charge in [-0.3, -0.25) is 0 Å². The maximum atomic E-state index is 9.60. The van der Waals surface area contributed by atoms with Crippen molar-refractivity contribution in [3.63, 3.8) is 0 Å². The third-order valence-electron chi connectivity index (χ3n) is 0.365. The SMILES string of the molecule is C=C(C)C(=O)O.[O]=[Zn]. The summed E-state index contributed by atoms with van der Waals surface area (Å²) in [5, 5.41) is 7.89. The van der Waals surface area contributed by atoms with Gasteiger partial charge in [0.1, 0.15) is 0 Å². The fraction of sp³-hybridized carbons (Fsp3) is 0.250. The van der Waals surface area contributed by atoms with Crippen molar-refractivity contribution in [1.82, 2.24) is 0 Å². The van der Waals surface area contributed by atoms with Gasteiger partial charge in [-0.1, -0.05) is 6.58 Å². The van der Waals surface area contributed by atoms with Crippen molar-refractivity contribution in [2.75, 3.05) is 0 Å². The van der Waals surface area contributed by atoms with Crippen LogP contribution in [0.4, 0.5) is 0 Å². The molecule has 0 radical (unpaired) electrons. The first kappa shape index (κ1) is 10.6. The van der Waals surface area contributed by atoms with E-state index in [0.29, 0.717) is 0 Å². The van der Waals surface area contributed by atoms with E-state index >= 15 is 0 Å². The Kier molecular flexibility index (Phi) is 8.78. The summed E-state index contributed by atoms with van der Waals surface area (Å²) >= 11 is 0.125. The Morgan fingerprint density at radius 1 is 1.62 bits per heavy atom. The van der Waals surface area contributed by atoms with Crippen LogP contribution in [-0.4, -0.2) is 11.1 Å². The van der Waals surface area contributed by atoms with Gasteiger partial charge in [0.2, 0.25) is 0 Å². The molecule has 0 fully saturated rings. The minimum absolute atomic E-state index is 0.125. The molecule has 0 aliphatic carbocycles. The number of hydrogen-bond donors (Lipinski definition) is 1. The van der Waals surface area contributed by atoms with Crippen LogP contribution >= 0.6 is 0 Å². The third kappa shape index (κ3) is 9.16. The van der Waals surface area contributed by atoms with Crippen LogP contribution in [0.5, 0.6) is 0 Å². The van der Waals surface area contributed by atoms with Gasteiger partial charge in [0.05, 0.1) is 0 Å². The van der Waals surface area contributed by atoms with E-state index in [0.717, 1.165) is 0 Å². The summed E-state index contributed by atoms with van der Waals surface area (Å²) in [7, 11) is 0. The van der Waals surface area contributed by atoms with Crippen LogP contribution in [-0.2, 0) is 26.6 Å². The normalized spacial score (nSPS) is 6.38. The molecule has 0 heterocycles. The molecule has 0 saturated carbocycles. The summed E-state index contributed by atoms with van der Waals surface area (Å²) in [6, 6.07) is 0. The molecule has 0 unspecified atom stereocenters. The molecule has 0 aromatic carbocycles. The van der Waals surface area contributed by atoms with E-state index in [-0.39, 0.29) is 23.8 Å². The molecule has 0 spiro atoms. The zero-order valence-electron chi connectivity index (χ0n) is 4.68. The Morgan fingerprint density at radius 3 is 1.75 bits per heavy atom. The van der Waals surface area contributed by atoms with E-state index in [1.165, 1.54) is 6.92 Å². The summed E-state index contributed by atoms with van der Waals surface area (Å²) < 4.78 is 8.38. The quantitative estimate of drug-likeness (QED) is 0.458. The van der Waals surface area contributed by atoms with Gasteiger partial charge in [0, 0.05) is 5.57 Å². The predicted octanol–water partition coefficient (Wildman–Crippen LogP) is 0.526. The van der Waals surface area contributed by atoms with Gasteiger partial charge in [0.25, 0.3) is 0 Å². The average molecular weight is 167 g/mol. The van der Waals surface area contributed by atoms with Gasteiger partial charge in [-0.25, -0.2) is 4.79 Å². The molecule has 42 valence electrons. The molecule has 0 aromatic heterocycles. The van der Waals surface area contributed by atoms with E-state index in [9.17, 15) is 4.79 Å². The Morgan fingerprint density at radius 2 is 1.75 bits per heavy atom. The number of hydrogen-bond acceptors (Lipinski definition) is 2. The molecular formula is C4H6O3Zn. The first-order valence-electron chi connectivity index (χ1n) is 1.82. The van der Waals surface area contributed by atoms with E-state index in [1.807, 2.05) is 0 Å². The fourth-order valence-electron chi connectivity index (χ4n) is 0. The Labute approximate surface area is 57.3 Å². The molecular weight excluding hydrogens is 161 g/mol. The fourth-order valence-corrected chi connectivity index (χ4v) is 0. The van der Waals surface area contributed by atoms with Crippen LogP contribution in [0.25, 0.3) is 0 Å². The Hall–Kier alpha value is -0.367. The van der Waals surface area contributed by atoms with Gasteiger partial charge >= 0.3 is 27.8 Å². The van der Waals surface area contributed by atoms with E-state index in [4.69, 9.17) is 8.68 Å². The van der Waals surface area contributed by atoms with Crippen LogP contribution in [0.15, 0.2) is 12.2 Å². The topological polar surface area (TPSA) is 54.4 Å². The van der Waals surface area contributed by atoms with Gasteiger partial charge in [0.15, 0.2) is 0 Å². The molecule has 4 heteroatoms. The van der Waals surface area contributed by atoms with Crippen LogP contribution < -0.4 is 0 Å². The molecule has 0 aliphatic rings. The molecule has 0 rings (SSSR count). The third-order valence-corrected chi connectivity index (χ3v) is 0.365. The monoisotopic (exact) mass is 166 g/mol. The van der Waals surface area contributed by atoms with Crippen LogP contribution in [0.2, 0.25) is 0 Å². The second-order valence-electron chi connectivity index (χ2n) is 1.09. The van der Waals surface area contributed by atoms with Gasteiger partial charge in [-0.15, -0.1) is 0 Å². The summed E-state index contributed by atoms with van der Waals surface area (Å²) in [6.07, 6.45) is 0. The van der Waals surface area contributed by atoms with Gasteiger partial charge in [-0.05, 0) is 6.92 Å². The number of carbonyl (C=O) groups is 1. The number of rotatable bonds is 1. The van der Waals surface area contributed by atoms with E-state index in [2.05, 4.69) is 6.58 Å². The van der Waals surface area contributed by atoms with Crippen molar-refractivity contribution < 1.29 is 31.7 Å². The second kappa shape index (κ2) is 6.63. The molecule has 0 aromatic rings. The second-order valence-corrected chi connectivity index (χ2v) is 1.09. The van der Waals surface area contributed by atoms with Crippen LogP contribution in [0, 0.1) is 0 Å². The van der Waals surface area contributed by atoms with Crippen LogP contribution in [0.3, 0.4) is 0 Å². The van der Waals surface area contributed by atoms with Gasteiger partial charge in [-0.2, -0.15) is 0 Å². The molecule has 0 atom stereocenters. The van der Waals surface area contributed by atoms with Gasteiger partial charge < -0.3 is 5.11 Å².